The average Bonchev–Trinajstić information content (AvgIpc) is 2.36. The smallest absolute Gasteiger partial charge is 0.338 e. The monoisotopic (exact) mass is 400 g/mol. The third kappa shape index (κ3) is 4.84. The maximum Gasteiger partial charge on any atom is 0.338 e. The predicted molar refractivity (Wildman–Crippen MR) is 80.5 cm³/mol. The predicted octanol–water partition coefficient (Wildman–Crippen LogP) is 2.58. The molecule has 0 radical (unpaired) electrons. The van der Waals surface area contributed by atoms with E-state index in [4.69, 9.17) is 24.9 Å². The lowest BCUT2D eigenvalue weighted by Crippen LogP contribution is -2.20. The van der Waals surface area contributed by atoms with Gasteiger partial charge in [0.25, 0.3) is 9.05 Å². The second-order valence-corrected chi connectivity index (χ2v) is 7.49. The van der Waals surface area contributed by atoms with Gasteiger partial charge >= 0.3 is 5.97 Å². The number of esters is 1. The first kappa shape index (κ1) is 18.2. The molecule has 0 saturated heterocycles. The third-order valence-corrected chi connectivity index (χ3v) is 4.34. The highest BCUT2D eigenvalue weighted by molar-refractivity contribution is 9.10. The summed E-state index contributed by atoms with van der Waals surface area (Å²) in [6.07, 6.45) is -0.473. The van der Waals surface area contributed by atoms with Gasteiger partial charge in [0, 0.05) is 17.8 Å². The van der Waals surface area contributed by atoms with Crippen LogP contribution in [0.3, 0.4) is 0 Å². The lowest BCUT2D eigenvalue weighted by molar-refractivity contribution is 0.0120. The molecule has 21 heavy (non-hydrogen) atoms. The van der Waals surface area contributed by atoms with E-state index in [1.54, 1.807) is 6.92 Å². The Hall–Kier alpha value is -0.830. The summed E-state index contributed by atoms with van der Waals surface area (Å²) in [5.74, 6) is -0.670. The normalized spacial score (nSPS) is 12.8. The Morgan fingerprint density at radius 1 is 1.38 bits per heavy atom. The molecule has 0 saturated carbocycles. The molecule has 1 aromatic carbocycles. The van der Waals surface area contributed by atoms with Crippen molar-refractivity contribution in [3.05, 3.63) is 22.2 Å². The maximum atomic E-state index is 12.0. The zero-order valence-corrected chi connectivity index (χ0v) is 14.7. The molecule has 0 aromatic heterocycles. The molecule has 0 heterocycles. The number of methoxy groups -OCH3 is 2. The Labute approximate surface area is 135 Å². The quantitative estimate of drug-likeness (QED) is 0.538. The Bertz CT molecular complexity index is 631. The fourth-order valence-electron chi connectivity index (χ4n) is 1.58. The van der Waals surface area contributed by atoms with Crippen LogP contribution in [-0.4, -0.2) is 41.3 Å². The van der Waals surface area contributed by atoms with Gasteiger partial charge in [0.1, 0.15) is 11.0 Å². The summed E-state index contributed by atoms with van der Waals surface area (Å²) in [4.78, 5) is 11.7. The van der Waals surface area contributed by atoms with Crippen molar-refractivity contribution in [3.63, 3.8) is 0 Å². The van der Waals surface area contributed by atoms with Crippen molar-refractivity contribution in [2.24, 2.45) is 0 Å². The number of ether oxygens (including phenoxy) is 3. The highest BCUT2D eigenvalue weighted by Gasteiger charge is 2.23. The summed E-state index contributed by atoms with van der Waals surface area (Å²) in [5, 5.41) is 0. The molecule has 1 unspecified atom stereocenters. The van der Waals surface area contributed by atoms with E-state index in [0.29, 0.717) is 0 Å². The maximum absolute atomic E-state index is 12.0. The van der Waals surface area contributed by atoms with Crippen molar-refractivity contribution in [2.45, 2.75) is 17.9 Å². The molecule has 0 aliphatic heterocycles. The van der Waals surface area contributed by atoms with Crippen LogP contribution >= 0.6 is 26.6 Å². The van der Waals surface area contributed by atoms with Crippen LogP contribution < -0.4 is 4.74 Å². The topological polar surface area (TPSA) is 78.9 Å². The Balaban J connectivity index is 3.22. The molecular weight excluding hydrogens is 388 g/mol. The van der Waals surface area contributed by atoms with Gasteiger partial charge in [0.2, 0.25) is 0 Å². The molecule has 9 heteroatoms. The number of halogens is 2. The first-order valence-corrected chi connectivity index (χ1v) is 8.83. The van der Waals surface area contributed by atoms with Gasteiger partial charge in [-0.25, -0.2) is 13.2 Å². The number of hydrogen-bond donors (Lipinski definition) is 0. The zero-order valence-electron chi connectivity index (χ0n) is 11.6. The van der Waals surface area contributed by atoms with Gasteiger partial charge in [-0.3, -0.25) is 0 Å². The summed E-state index contributed by atoms with van der Waals surface area (Å²) in [6, 6.07) is 2.50. The molecule has 0 amide bonds. The molecule has 1 rings (SSSR count). The minimum absolute atomic E-state index is 0.0199. The molecule has 118 valence electrons. The van der Waals surface area contributed by atoms with Crippen molar-refractivity contribution in [1.29, 1.82) is 0 Å². The minimum atomic E-state index is -4.08. The standard InChI is InChI=1S/C12H14BrClO6S/c1-7(6-18-2)20-12(15)8-4-9(13)11(19-3)10(5-8)21(14,16)17/h4-5,7H,6H2,1-3H3. The SMILES string of the molecule is COCC(C)OC(=O)c1cc(Br)c(OC)c(S(=O)(=O)Cl)c1. The van der Waals surface area contributed by atoms with Crippen LogP contribution in [0.25, 0.3) is 0 Å². The molecule has 0 fully saturated rings. The number of carbonyl (C=O) groups excluding carboxylic acids is 1. The van der Waals surface area contributed by atoms with Crippen molar-refractivity contribution < 1.29 is 27.4 Å². The van der Waals surface area contributed by atoms with Crippen LogP contribution in [0.1, 0.15) is 17.3 Å². The van der Waals surface area contributed by atoms with Gasteiger partial charge in [-0.05, 0) is 35.0 Å². The third-order valence-electron chi connectivity index (χ3n) is 2.42. The van der Waals surface area contributed by atoms with Gasteiger partial charge in [-0.2, -0.15) is 0 Å². The van der Waals surface area contributed by atoms with Crippen LogP contribution in [0.5, 0.6) is 5.75 Å². The summed E-state index contributed by atoms with van der Waals surface area (Å²) in [6.45, 7) is 1.88. The summed E-state index contributed by atoms with van der Waals surface area (Å²) in [7, 11) is 4.04. The van der Waals surface area contributed by atoms with Crippen LogP contribution in [0.4, 0.5) is 0 Å². The number of benzene rings is 1. The van der Waals surface area contributed by atoms with Crippen LogP contribution in [-0.2, 0) is 18.5 Å². The number of hydrogen-bond acceptors (Lipinski definition) is 6. The van der Waals surface area contributed by atoms with E-state index in [2.05, 4.69) is 15.9 Å². The molecule has 6 nitrogen and oxygen atoms in total. The summed E-state index contributed by atoms with van der Waals surface area (Å²) >= 11 is 3.14. The molecule has 0 aliphatic rings. The van der Waals surface area contributed by atoms with Crippen molar-refractivity contribution in [2.75, 3.05) is 20.8 Å². The molecule has 1 atom stereocenters. The van der Waals surface area contributed by atoms with Crippen LogP contribution in [0, 0.1) is 0 Å². The van der Waals surface area contributed by atoms with Gasteiger partial charge in [0.15, 0.2) is 5.75 Å². The van der Waals surface area contributed by atoms with E-state index in [1.807, 2.05) is 0 Å². The van der Waals surface area contributed by atoms with E-state index >= 15 is 0 Å². The Morgan fingerprint density at radius 3 is 2.48 bits per heavy atom. The second kappa shape index (κ2) is 7.44. The highest BCUT2D eigenvalue weighted by Crippen LogP contribution is 2.35. The van der Waals surface area contributed by atoms with E-state index in [9.17, 15) is 13.2 Å². The van der Waals surface area contributed by atoms with E-state index in [0.717, 1.165) is 6.07 Å². The Morgan fingerprint density at radius 2 is 2.00 bits per heavy atom. The first-order valence-electron chi connectivity index (χ1n) is 5.72. The molecule has 0 aliphatic carbocycles. The average molecular weight is 402 g/mol. The van der Waals surface area contributed by atoms with E-state index in [-0.39, 0.29) is 27.3 Å². The summed E-state index contributed by atoms with van der Waals surface area (Å²) < 4.78 is 38.3. The minimum Gasteiger partial charge on any atom is -0.494 e. The molecule has 1 aromatic rings. The number of rotatable bonds is 6. The second-order valence-electron chi connectivity index (χ2n) is 4.10. The molecule has 0 N–H and O–H groups in total. The van der Waals surface area contributed by atoms with Gasteiger partial charge in [-0.15, -0.1) is 0 Å². The first-order chi connectivity index (χ1) is 9.70. The van der Waals surface area contributed by atoms with Crippen LogP contribution in [0.15, 0.2) is 21.5 Å². The summed E-state index contributed by atoms with van der Waals surface area (Å²) in [5.41, 5.74) is 0.0323. The van der Waals surface area contributed by atoms with Crippen LogP contribution in [0.2, 0.25) is 0 Å². The zero-order chi connectivity index (χ0) is 16.2. The molecular formula is C12H14BrClO6S. The number of carbonyl (C=O) groups is 1. The largest absolute Gasteiger partial charge is 0.494 e. The van der Waals surface area contributed by atoms with Gasteiger partial charge < -0.3 is 14.2 Å². The lowest BCUT2D eigenvalue weighted by Gasteiger charge is -2.14. The van der Waals surface area contributed by atoms with Crippen molar-refractivity contribution in [3.8, 4) is 5.75 Å². The van der Waals surface area contributed by atoms with Gasteiger partial charge in [-0.1, -0.05) is 0 Å². The van der Waals surface area contributed by atoms with Crippen molar-refractivity contribution in [1.82, 2.24) is 0 Å². The lowest BCUT2D eigenvalue weighted by atomic mass is 10.2. The fourth-order valence-corrected chi connectivity index (χ4v) is 3.36. The van der Waals surface area contributed by atoms with E-state index in [1.165, 1.54) is 20.3 Å². The van der Waals surface area contributed by atoms with Crippen molar-refractivity contribution >= 4 is 41.6 Å². The fraction of sp³-hybridized carbons (Fsp3) is 0.417. The Kier molecular flexibility index (Phi) is 6.45. The molecule has 0 bridgehead atoms. The van der Waals surface area contributed by atoms with E-state index < -0.39 is 21.1 Å². The molecule has 0 spiro atoms. The van der Waals surface area contributed by atoms with Gasteiger partial charge in [0.05, 0.1) is 23.8 Å². The highest BCUT2D eigenvalue weighted by atomic mass is 79.9.